The predicted molar refractivity (Wildman–Crippen MR) is 129 cm³/mol. The minimum Gasteiger partial charge on any atom is -0.496 e. The molecule has 0 aromatic heterocycles. The lowest BCUT2D eigenvalue weighted by molar-refractivity contribution is -0.0140. The molecule has 3 fully saturated rings. The highest BCUT2D eigenvalue weighted by molar-refractivity contribution is 5.98. The molecule has 1 atom stereocenters. The van der Waals surface area contributed by atoms with Crippen molar-refractivity contribution in [3.63, 3.8) is 0 Å². The Morgan fingerprint density at radius 1 is 0.971 bits per heavy atom. The van der Waals surface area contributed by atoms with E-state index < -0.39 is 11.7 Å². The van der Waals surface area contributed by atoms with Gasteiger partial charge in [0, 0.05) is 31.0 Å². The van der Waals surface area contributed by atoms with E-state index in [4.69, 9.17) is 14.2 Å². The Labute approximate surface area is 200 Å². The normalized spacial score (nSPS) is 23.1. The lowest BCUT2D eigenvalue weighted by Crippen LogP contribution is -2.49. The van der Waals surface area contributed by atoms with Gasteiger partial charge in [0.2, 0.25) is 0 Å². The van der Waals surface area contributed by atoms with Crippen LogP contribution in [0, 0.1) is 0 Å². The minimum atomic E-state index is -0.920. The van der Waals surface area contributed by atoms with Crippen molar-refractivity contribution in [2.24, 2.45) is 0 Å². The Morgan fingerprint density at radius 2 is 1.76 bits per heavy atom. The van der Waals surface area contributed by atoms with Crippen LogP contribution in [0.5, 0.6) is 5.75 Å². The van der Waals surface area contributed by atoms with E-state index in [0.29, 0.717) is 31.0 Å². The van der Waals surface area contributed by atoms with E-state index in [1.54, 1.807) is 16.9 Å². The first-order valence-electron chi connectivity index (χ1n) is 11.9. The Balaban J connectivity index is 1.39. The van der Waals surface area contributed by atoms with Crippen molar-refractivity contribution < 1.29 is 23.8 Å². The van der Waals surface area contributed by atoms with Crippen LogP contribution in [0.2, 0.25) is 0 Å². The second kappa shape index (κ2) is 9.54. The fourth-order valence-corrected chi connectivity index (χ4v) is 5.05. The summed E-state index contributed by atoms with van der Waals surface area (Å²) in [6, 6.07) is 15.2. The summed E-state index contributed by atoms with van der Waals surface area (Å²) in [6.45, 7) is 3.61. The number of methoxy groups -OCH3 is 1. The topological polar surface area (TPSA) is 71.6 Å². The third-order valence-electron chi connectivity index (χ3n) is 6.81. The average Bonchev–Trinajstić information content (AvgIpc) is 3.07. The summed E-state index contributed by atoms with van der Waals surface area (Å²) >= 11 is 0. The molecule has 0 N–H and O–H groups in total. The number of rotatable bonds is 4. The fourth-order valence-electron chi connectivity index (χ4n) is 5.05. The molecule has 1 spiro atoms. The average molecular weight is 466 g/mol. The van der Waals surface area contributed by atoms with Crippen LogP contribution in [0.4, 0.5) is 16.2 Å². The molecular formula is C26H31N3O5. The predicted octanol–water partition coefficient (Wildman–Crippen LogP) is 3.55. The molecule has 2 amide bonds. The second-order valence-electron chi connectivity index (χ2n) is 9.18. The van der Waals surface area contributed by atoms with Crippen LogP contribution < -0.4 is 14.5 Å². The van der Waals surface area contributed by atoms with Crippen LogP contribution >= 0.6 is 0 Å². The van der Waals surface area contributed by atoms with Gasteiger partial charge in [0.1, 0.15) is 5.75 Å². The summed E-state index contributed by atoms with van der Waals surface area (Å²) in [4.78, 5) is 32.2. The quantitative estimate of drug-likeness (QED) is 0.688. The van der Waals surface area contributed by atoms with Gasteiger partial charge < -0.3 is 24.0 Å². The highest BCUT2D eigenvalue weighted by Gasteiger charge is 2.49. The molecule has 2 aromatic rings. The highest BCUT2D eigenvalue weighted by Crippen LogP contribution is 2.33. The number of benzene rings is 2. The van der Waals surface area contributed by atoms with Crippen molar-refractivity contribution in [1.29, 1.82) is 0 Å². The lowest BCUT2D eigenvalue weighted by Gasteiger charge is -2.31. The zero-order valence-electron chi connectivity index (χ0n) is 19.6. The van der Waals surface area contributed by atoms with Crippen LogP contribution in [0.3, 0.4) is 0 Å². The van der Waals surface area contributed by atoms with E-state index in [-0.39, 0.29) is 19.1 Å². The molecule has 3 heterocycles. The number of ether oxygens (including phenoxy) is 3. The van der Waals surface area contributed by atoms with Crippen LogP contribution in [0.25, 0.3) is 0 Å². The van der Waals surface area contributed by atoms with Gasteiger partial charge in [-0.25, -0.2) is 4.79 Å². The Bertz CT molecular complexity index is 1040. The SMILES string of the molecule is COc1ccc(N2CCCCC2)cc1C(=O)N1CCOCC2(C1)CN(c1ccccc1)C(=O)O2. The molecule has 1 unspecified atom stereocenters. The van der Waals surface area contributed by atoms with Crippen LogP contribution in [0.15, 0.2) is 48.5 Å². The summed E-state index contributed by atoms with van der Waals surface area (Å²) in [7, 11) is 1.58. The van der Waals surface area contributed by atoms with Crippen LogP contribution in [-0.4, -0.2) is 75.5 Å². The maximum absolute atomic E-state index is 13.8. The fraction of sp³-hybridized carbons (Fsp3) is 0.462. The Hall–Kier alpha value is -3.26. The molecule has 5 rings (SSSR count). The molecule has 0 saturated carbocycles. The molecule has 8 nitrogen and oxygen atoms in total. The summed E-state index contributed by atoms with van der Waals surface area (Å²) in [5.41, 5.74) is 1.40. The van der Waals surface area contributed by atoms with Gasteiger partial charge in [-0.05, 0) is 49.6 Å². The number of carbonyl (C=O) groups excluding carboxylic acids is 2. The van der Waals surface area contributed by atoms with Crippen LogP contribution in [0.1, 0.15) is 29.6 Å². The molecule has 0 radical (unpaired) electrons. The smallest absolute Gasteiger partial charge is 0.415 e. The number of nitrogens with zero attached hydrogens (tertiary/aromatic N) is 3. The molecule has 180 valence electrons. The van der Waals surface area contributed by atoms with Gasteiger partial charge in [0.25, 0.3) is 5.91 Å². The number of carbonyl (C=O) groups is 2. The molecule has 8 heteroatoms. The van der Waals surface area contributed by atoms with Gasteiger partial charge in [-0.2, -0.15) is 0 Å². The van der Waals surface area contributed by atoms with Crippen molar-refractivity contribution in [3.8, 4) is 5.75 Å². The maximum Gasteiger partial charge on any atom is 0.415 e. The summed E-state index contributed by atoms with van der Waals surface area (Å²) in [6.07, 6.45) is 3.14. The number of anilines is 2. The summed E-state index contributed by atoms with van der Waals surface area (Å²) < 4.78 is 17.2. The van der Waals surface area contributed by atoms with Crippen molar-refractivity contribution in [2.45, 2.75) is 24.9 Å². The molecular weight excluding hydrogens is 434 g/mol. The van der Waals surface area contributed by atoms with Crippen molar-refractivity contribution in [1.82, 2.24) is 4.90 Å². The first kappa shape index (κ1) is 22.5. The standard InChI is InChI=1S/C26H31N3O5/c1-32-23-11-10-21(27-12-6-3-7-13-27)16-22(23)24(30)28-14-15-33-19-26(17-28)18-29(25(31)34-26)20-8-4-2-5-9-20/h2,4-5,8-11,16H,3,6-7,12-15,17-19H2,1H3. The Morgan fingerprint density at radius 3 is 2.53 bits per heavy atom. The largest absolute Gasteiger partial charge is 0.496 e. The molecule has 2 aromatic carbocycles. The summed E-state index contributed by atoms with van der Waals surface area (Å²) in [5.74, 6) is 0.397. The minimum absolute atomic E-state index is 0.144. The number of piperidine rings is 1. The zero-order valence-corrected chi connectivity index (χ0v) is 19.6. The van der Waals surface area contributed by atoms with E-state index in [2.05, 4.69) is 4.90 Å². The number of para-hydroxylation sites is 1. The van der Waals surface area contributed by atoms with E-state index >= 15 is 0 Å². The Kier molecular flexibility index (Phi) is 6.32. The van der Waals surface area contributed by atoms with E-state index in [9.17, 15) is 9.59 Å². The number of amides is 2. The first-order valence-corrected chi connectivity index (χ1v) is 11.9. The molecule has 34 heavy (non-hydrogen) atoms. The van der Waals surface area contributed by atoms with Crippen molar-refractivity contribution in [2.75, 3.05) is 62.8 Å². The van der Waals surface area contributed by atoms with E-state index in [0.717, 1.165) is 37.3 Å². The number of hydrogen-bond donors (Lipinski definition) is 0. The van der Waals surface area contributed by atoms with E-state index in [1.165, 1.54) is 6.42 Å². The molecule has 0 aliphatic carbocycles. The van der Waals surface area contributed by atoms with Gasteiger partial charge in [-0.1, -0.05) is 18.2 Å². The third-order valence-corrected chi connectivity index (χ3v) is 6.81. The monoisotopic (exact) mass is 465 g/mol. The van der Waals surface area contributed by atoms with Gasteiger partial charge in [0.15, 0.2) is 5.60 Å². The van der Waals surface area contributed by atoms with Gasteiger partial charge in [-0.3, -0.25) is 9.69 Å². The zero-order chi connectivity index (χ0) is 23.5. The molecule has 3 saturated heterocycles. The number of hydrogen-bond acceptors (Lipinski definition) is 6. The molecule has 3 aliphatic rings. The van der Waals surface area contributed by atoms with Crippen molar-refractivity contribution >= 4 is 23.4 Å². The van der Waals surface area contributed by atoms with Crippen molar-refractivity contribution in [3.05, 3.63) is 54.1 Å². The first-order chi connectivity index (χ1) is 16.6. The summed E-state index contributed by atoms with van der Waals surface area (Å²) in [5, 5.41) is 0. The lowest BCUT2D eigenvalue weighted by atomic mass is 10.0. The third kappa shape index (κ3) is 4.42. The van der Waals surface area contributed by atoms with E-state index in [1.807, 2.05) is 48.5 Å². The maximum atomic E-state index is 13.8. The van der Waals surface area contributed by atoms with Gasteiger partial charge in [0.05, 0.1) is 39.0 Å². The molecule has 0 bridgehead atoms. The molecule has 3 aliphatic heterocycles. The highest BCUT2D eigenvalue weighted by atomic mass is 16.6. The van der Waals surface area contributed by atoms with Crippen LogP contribution in [-0.2, 0) is 9.47 Å². The second-order valence-corrected chi connectivity index (χ2v) is 9.18. The van der Waals surface area contributed by atoms with Gasteiger partial charge >= 0.3 is 6.09 Å². The van der Waals surface area contributed by atoms with Gasteiger partial charge in [-0.15, -0.1) is 0 Å².